The van der Waals surface area contributed by atoms with E-state index in [4.69, 9.17) is 0 Å². The molecule has 0 unspecified atom stereocenters. The van der Waals surface area contributed by atoms with Gasteiger partial charge in [-0.05, 0) is 30.5 Å². The number of hydrogen-bond donors (Lipinski definition) is 3. The van der Waals surface area contributed by atoms with Gasteiger partial charge in [-0.25, -0.2) is 9.69 Å². The van der Waals surface area contributed by atoms with Gasteiger partial charge in [-0.2, -0.15) is 0 Å². The van der Waals surface area contributed by atoms with E-state index in [1.54, 1.807) is 0 Å². The van der Waals surface area contributed by atoms with E-state index < -0.39 is 6.04 Å². The third-order valence-corrected chi connectivity index (χ3v) is 6.16. The first-order chi connectivity index (χ1) is 15.1. The maximum absolute atomic E-state index is 12.8. The van der Waals surface area contributed by atoms with Gasteiger partial charge in [-0.3, -0.25) is 9.59 Å². The van der Waals surface area contributed by atoms with Crippen LogP contribution in [0.3, 0.4) is 0 Å². The van der Waals surface area contributed by atoms with Crippen LogP contribution in [0.5, 0.6) is 0 Å². The highest BCUT2D eigenvalue weighted by atomic mass is 16.2. The van der Waals surface area contributed by atoms with Crippen molar-refractivity contribution in [3.63, 3.8) is 0 Å². The molecule has 0 saturated carbocycles. The van der Waals surface area contributed by atoms with E-state index in [2.05, 4.69) is 10.6 Å². The quantitative estimate of drug-likeness (QED) is 0.592. The van der Waals surface area contributed by atoms with E-state index in [-0.39, 0.29) is 23.8 Å². The van der Waals surface area contributed by atoms with Gasteiger partial charge in [0.15, 0.2) is 6.67 Å². The van der Waals surface area contributed by atoms with Crippen molar-refractivity contribution < 1.29 is 19.3 Å². The molecule has 2 aromatic rings. The fourth-order valence-corrected chi connectivity index (χ4v) is 4.31. The molecule has 0 radical (unpaired) electrons. The number of aryl methyl sites for hydroxylation is 1. The molecule has 162 valence electrons. The van der Waals surface area contributed by atoms with Crippen molar-refractivity contribution in [3.05, 3.63) is 66.2 Å². The molecule has 2 saturated heterocycles. The smallest absolute Gasteiger partial charge is 0.326 e. The van der Waals surface area contributed by atoms with Crippen molar-refractivity contribution in [1.82, 2.24) is 10.2 Å². The number of imide groups is 1. The summed E-state index contributed by atoms with van der Waals surface area (Å²) in [4.78, 5) is 40.1. The van der Waals surface area contributed by atoms with Crippen LogP contribution in [-0.4, -0.2) is 48.5 Å². The minimum absolute atomic E-state index is 0.0364. The number of carbonyl (C=O) groups excluding carboxylic acids is 3. The van der Waals surface area contributed by atoms with Crippen LogP contribution >= 0.6 is 0 Å². The highest BCUT2D eigenvalue weighted by molar-refractivity contribution is 6.04. The van der Waals surface area contributed by atoms with Crippen LogP contribution in [0.25, 0.3) is 0 Å². The van der Waals surface area contributed by atoms with Crippen molar-refractivity contribution in [2.45, 2.75) is 31.7 Å². The predicted molar refractivity (Wildman–Crippen MR) is 117 cm³/mol. The normalized spacial score (nSPS) is 23.5. The molecule has 7 nitrogen and oxygen atoms in total. The lowest BCUT2D eigenvalue weighted by atomic mass is 9.96. The van der Waals surface area contributed by atoms with Crippen molar-refractivity contribution in [1.29, 1.82) is 0 Å². The highest BCUT2D eigenvalue weighted by Gasteiger charge is 2.40. The van der Waals surface area contributed by atoms with E-state index in [0.717, 1.165) is 48.5 Å². The summed E-state index contributed by atoms with van der Waals surface area (Å²) in [6.45, 7) is 1.89. The first-order valence-corrected chi connectivity index (χ1v) is 11.0. The zero-order chi connectivity index (χ0) is 21.6. The molecule has 2 fully saturated rings. The number of para-hydroxylation sites is 1. The van der Waals surface area contributed by atoms with Gasteiger partial charge >= 0.3 is 6.03 Å². The van der Waals surface area contributed by atoms with E-state index >= 15 is 0 Å². The monoisotopic (exact) mass is 421 g/mol. The number of anilines is 1. The Morgan fingerprint density at radius 1 is 1.00 bits per heavy atom. The first kappa shape index (κ1) is 21.1. The molecule has 1 atom stereocenters. The molecular weight excluding hydrogens is 392 g/mol. The van der Waals surface area contributed by atoms with Crippen LogP contribution < -0.4 is 15.5 Å². The third kappa shape index (κ3) is 5.30. The van der Waals surface area contributed by atoms with Gasteiger partial charge in [0.25, 0.3) is 5.91 Å². The molecule has 4 rings (SSSR count). The molecule has 2 aliphatic rings. The molecule has 31 heavy (non-hydrogen) atoms. The Balaban J connectivity index is 1.24. The summed E-state index contributed by atoms with van der Waals surface area (Å²) in [5.74, 6) is -0.135. The summed E-state index contributed by atoms with van der Waals surface area (Å²) in [5, 5.41) is 5.80. The predicted octanol–water partition coefficient (Wildman–Crippen LogP) is 1.43. The molecule has 0 spiro atoms. The standard InChI is InChI=1S/C24H28N4O3/c29-22(25-20-9-5-2-6-10-20)19-13-15-27(16-14-19)17-28-23(30)21(26-24(28)31)12-11-18-7-3-1-4-8-18/h1-10,19,21H,11-17H2,(H,25,29)(H,26,31)/p+1/t21-/m1/s1. The molecule has 7 heteroatoms. The largest absolute Gasteiger partial charge is 0.329 e. The molecule has 4 amide bonds. The van der Waals surface area contributed by atoms with Crippen molar-refractivity contribution in [2.24, 2.45) is 5.92 Å². The number of benzene rings is 2. The maximum Gasteiger partial charge on any atom is 0.329 e. The molecule has 2 heterocycles. The van der Waals surface area contributed by atoms with Crippen molar-refractivity contribution in [3.8, 4) is 0 Å². The zero-order valence-corrected chi connectivity index (χ0v) is 17.5. The summed E-state index contributed by atoms with van der Waals surface area (Å²) in [7, 11) is 0. The second kappa shape index (κ2) is 9.75. The number of carbonyl (C=O) groups is 3. The first-order valence-electron chi connectivity index (χ1n) is 11.0. The fourth-order valence-electron chi connectivity index (χ4n) is 4.31. The lowest BCUT2D eigenvalue weighted by Crippen LogP contribution is -3.14. The Morgan fingerprint density at radius 3 is 2.32 bits per heavy atom. The second-order valence-electron chi connectivity index (χ2n) is 8.33. The molecule has 0 aromatic heterocycles. The van der Waals surface area contributed by atoms with Gasteiger partial charge < -0.3 is 15.5 Å². The summed E-state index contributed by atoms with van der Waals surface area (Å²) in [6.07, 6.45) is 2.84. The van der Waals surface area contributed by atoms with Gasteiger partial charge in [0, 0.05) is 24.4 Å². The molecule has 2 aromatic carbocycles. The Kier molecular flexibility index (Phi) is 6.62. The minimum Gasteiger partial charge on any atom is -0.326 e. The number of nitrogens with one attached hydrogen (secondary N) is 3. The van der Waals surface area contributed by atoms with Crippen LogP contribution in [0.4, 0.5) is 10.5 Å². The Labute approximate surface area is 182 Å². The van der Waals surface area contributed by atoms with Gasteiger partial charge in [-0.15, -0.1) is 0 Å². The minimum atomic E-state index is -0.457. The average molecular weight is 422 g/mol. The van der Waals surface area contributed by atoms with E-state index in [0.29, 0.717) is 13.1 Å². The average Bonchev–Trinajstić information content (AvgIpc) is 3.07. The van der Waals surface area contributed by atoms with Gasteiger partial charge in [0.2, 0.25) is 5.91 Å². The number of quaternary nitrogens is 1. The summed E-state index contributed by atoms with van der Waals surface area (Å²) in [5.41, 5.74) is 1.97. The van der Waals surface area contributed by atoms with Crippen LogP contribution in [0, 0.1) is 5.92 Å². The number of piperidine rings is 1. The maximum atomic E-state index is 12.8. The van der Waals surface area contributed by atoms with E-state index in [1.807, 2.05) is 60.7 Å². The van der Waals surface area contributed by atoms with Gasteiger partial charge in [-0.1, -0.05) is 48.5 Å². The topological polar surface area (TPSA) is 82.9 Å². The number of hydrogen-bond acceptors (Lipinski definition) is 3. The van der Waals surface area contributed by atoms with Crippen LogP contribution in [-0.2, 0) is 16.0 Å². The Hall–Kier alpha value is -3.19. The SMILES string of the molecule is O=C(Nc1ccccc1)C1CC[NH+](CN2C(=O)N[C@H](CCc3ccccc3)C2=O)CC1. The van der Waals surface area contributed by atoms with Crippen molar-refractivity contribution >= 4 is 23.5 Å². The zero-order valence-electron chi connectivity index (χ0n) is 17.5. The van der Waals surface area contributed by atoms with Gasteiger partial charge in [0.05, 0.1) is 13.1 Å². The molecule has 0 aliphatic carbocycles. The molecule has 2 aliphatic heterocycles. The number of urea groups is 1. The summed E-state index contributed by atoms with van der Waals surface area (Å²) in [6, 6.07) is 18.7. The Morgan fingerprint density at radius 2 is 1.65 bits per heavy atom. The van der Waals surface area contributed by atoms with E-state index in [1.165, 1.54) is 4.90 Å². The number of nitrogens with zero attached hydrogens (tertiary/aromatic N) is 1. The second-order valence-corrected chi connectivity index (χ2v) is 8.33. The molecular formula is C24H29N4O3+. The molecule has 3 N–H and O–H groups in total. The number of amides is 4. The molecule has 0 bridgehead atoms. The van der Waals surface area contributed by atoms with Crippen LogP contribution in [0.1, 0.15) is 24.8 Å². The number of rotatable bonds is 7. The van der Waals surface area contributed by atoms with Crippen molar-refractivity contribution in [2.75, 3.05) is 25.1 Å². The highest BCUT2D eigenvalue weighted by Crippen LogP contribution is 2.15. The fraction of sp³-hybridized carbons (Fsp3) is 0.375. The lowest BCUT2D eigenvalue weighted by Gasteiger charge is -2.30. The summed E-state index contributed by atoms with van der Waals surface area (Å²) < 4.78 is 0. The van der Waals surface area contributed by atoms with E-state index in [9.17, 15) is 14.4 Å². The van der Waals surface area contributed by atoms with Gasteiger partial charge in [0.1, 0.15) is 6.04 Å². The summed E-state index contributed by atoms with van der Waals surface area (Å²) >= 11 is 0. The van der Waals surface area contributed by atoms with Crippen LogP contribution in [0.15, 0.2) is 60.7 Å². The Bertz CT molecular complexity index is 911. The lowest BCUT2D eigenvalue weighted by molar-refractivity contribution is -0.912. The van der Waals surface area contributed by atoms with Crippen LogP contribution in [0.2, 0.25) is 0 Å². The number of likely N-dealkylation sites (tertiary alicyclic amines) is 1. The third-order valence-electron chi connectivity index (χ3n) is 6.16.